The second kappa shape index (κ2) is 8.72. The molecule has 0 aromatic heterocycles. The van der Waals surface area contributed by atoms with Crippen LogP contribution in [0.5, 0.6) is 5.75 Å². The first-order valence-corrected chi connectivity index (χ1v) is 8.91. The van der Waals surface area contributed by atoms with Gasteiger partial charge in [0.1, 0.15) is 5.75 Å². The zero-order valence-electron chi connectivity index (χ0n) is 14.2. The molecular weight excluding hydrogens is 354 g/mol. The van der Waals surface area contributed by atoms with Gasteiger partial charge in [-0.2, -0.15) is 0 Å². The lowest BCUT2D eigenvalue weighted by Crippen LogP contribution is -2.34. The topological polar surface area (TPSA) is 64.6 Å². The van der Waals surface area contributed by atoms with E-state index in [1.807, 2.05) is 18.2 Å². The van der Waals surface area contributed by atoms with Crippen molar-refractivity contribution in [2.45, 2.75) is 25.3 Å². The largest absolute Gasteiger partial charge is 0.480 e. The Morgan fingerprint density at radius 2 is 1.85 bits per heavy atom. The average molecular weight is 374 g/mol. The fraction of sp³-hybridized carbons (Fsp3) is 0.300. The first-order valence-electron chi connectivity index (χ1n) is 8.53. The molecule has 0 radical (unpaired) electrons. The Labute approximate surface area is 157 Å². The molecule has 0 spiro atoms. The molecule has 1 aliphatic rings. The summed E-state index contributed by atoms with van der Waals surface area (Å²) in [4.78, 5) is 23.9. The standard InChI is InChI=1S/C20H20ClNO4/c21-16-9-3-4-11-18(16)25-13-20(24)26-12-19(23)22-17-10-5-7-14-6-1-2-8-15(14)17/h1-4,6,8-9,11,17H,5,7,10,12-13H2,(H,22,23). The van der Waals surface area contributed by atoms with Crippen LogP contribution < -0.4 is 10.1 Å². The maximum atomic E-state index is 12.1. The van der Waals surface area contributed by atoms with Gasteiger partial charge in [-0.3, -0.25) is 4.79 Å². The lowest BCUT2D eigenvalue weighted by Gasteiger charge is -2.26. The van der Waals surface area contributed by atoms with Crippen molar-refractivity contribution >= 4 is 23.5 Å². The van der Waals surface area contributed by atoms with Crippen molar-refractivity contribution in [3.05, 3.63) is 64.7 Å². The quantitative estimate of drug-likeness (QED) is 0.787. The Bertz CT molecular complexity index is 793. The number of amides is 1. The van der Waals surface area contributed by atoms with E-state index in [1.54, 1.807) is 24.3 Å². The second-order valence-electron chi connectivity index (χ2n) is 6.09. The molecule has 1 atom stereocenters. The number of rotatable bonds is 6. The van der Waals surface area contributed by atoms with Crippen molar-refractivity contribution in [2.24, 2.45) is 0 Å². The van der Waals surface area contributed by atoms with Crippen molar-refractivity contribution in [2.75, 3.05) is 13.2 Å². The minimum absolute atomic E-state index is 0.0365. The van der Waals surface area contributed by atoms with Crippen LogP contribution >= 0.6 is 11.6 Å². The molecule has 0 saturated carbocycles. The fourth-order valence-electron chi connectivity index (χ4n) is 3.03. The van der Waals surface area contributed by atoms with E-state index in [4.69, 9.17) is 21.1 Å². The summed E-state index contributed by atoms with van der Waals surface area (Å²) in [5.41, 5.74) is 2.40. The van der Waals surface area contributed by atoms with Gasteiger partial charge in [0.25, 0.3) is 5.91 Å². The molecule has 1 N–H and O–H groups in total. The minimum atomic E-state index is -0.621. The summed E-state index contributed by atoms with van der Waals surface area (Å²) in [5, 5.41) is 3.35. The molecule has 0 fully saturated rings. The third-order valence-corrected chi connectivity index (χ3v) is 4.56. The molecule has 1 amide bonds. The van der Waals surface area contributed by atoms with Gasteiger partial charge in [-0.25, -0.2) is 4.79 Å². The maximum absolute atomic E-state index is 12.1. The van der Waals surface area contributed by atoms with Crippen LogP contribution in [0.15, 0.2) is 48.5 Å². The highest BCUT2D eigenvalue weighted by atomic mass is 35.5. The van der Waals surface area contributed by atoms with Gasteiger partial charge < -0.3 is 14.8 Å². The highest BCUT2D eigenvalue weighted by molar-refractivity contribution is 6.32. The molecule has 1 aliphatic carbocycles. The van der Waals surface area contributed by atoms with E-state index in [0.717, 1.165) is 24.8 Å². The van der Waals surface area contributed by atoms with Crippen molar-refractivity contribution in [3.63, 3.8) is 0 Å². The molecule has 0 saturated heterocycles. The molecule has 26 heavy (non-hydrogen) atoms. The van der Waals surface area contributed by atoms with E-state index in [1.165, 1.54) is 5.56 Å². The SMILES string of the molecule is O=C(COC(=O)COc1ccccc1Cl)NC1CCCc2ccccc21. The number of carbonyl (C=O) groups is 2. The number of carbonyl (C=O) groups excluding carboxylic acids is 2. The molecule has 3 rings (SSSR count). The first-order chi connectivity index (χ1) is 12.6. The first kappa shape index (κ1) is 18.3. The highest BCUT2D eigenvalue weighted by Crippen LogP contribution is 2.29. The Hall–Kier alpha value is -2.53. The summed E-state index contributed by atoms with van der Waals surface area (Å²) in [7, 11) is 0. The van der Waals surface area contributed by atoms with E-state index in [-0.39, 0.29) is 25.2 Å². The third kappa shape index (κ3) is 4.76. The number of halogens is 1. The van der Waals surface area contributed by atoms with Crippen LogP contribution in [0.3, 0.4) is 0 Å². The van der Waals surface area contributed by atoms with Crippen LogP contribution in [-0.2, 0) is 20.7 Å². The molecule has 136 valence electrons. The highest BCUT2D eigenvalue weighted by Gasteiger charge is 2.21. The molecule has 5 nitrogen and oxygen atoms in total. The van der Waals surface area contributed by atoms with Crippen LogP contribution in [0.25, 0.3) is 0 Å². The van der Waals surface area contributed by atoms with E-state index in [9.17, 15) is 9.59 Å². The van der Waals surface area contributed by atoms with E-state index in [2.05, 4.69) is 11.4 Å². The van der Waals surface area contributed by atoms with E-state index >= 15 is 0 Å². The van der Waals surface area contributed by atoms with Crippen molar-refractivity contribution < 1.29 is 19.1 Å². The Morgan fingerprint density at radius 1 is 1.08 bits per heavy atom. The summed E-state index contributed by atoms with van der Waals surface area (Å²) in [6.45, 7) is -0.632. The Morgan fingerprint density at radius 3 is 2.69 bits per heavy atom. The van der Waals surface area contributed by atoms with Crippen LogP contribution in [0.2, 0.25) is 5.02 Å². The summed E-state index contributed by atoms with van der Waals surface area (Å²) < 4.78 is 10.3. The van der Waals surface area contributed by atoms with Gasteiger partial charge in [-0.15, -0.1) is 0 Å². The smallest absolute Gasteiger partial charge is 0.344 e. The van der Waals surface area contributed by atoms with Gasteiger partial charge >= 0.3 is 5.97 Å². The zero-order chi connectivity index (χ0) is 18.4. The molecular formula is C20H20ClNO4. The average Bonchev–Trinajstić information content (AvgIpc) is 2.66. The van der Waals surface area contributed by atoms with Gasteiger partial charge in [0.2, 0.25) is 0 Å². The summed E-state index contributed by atoms with van der Waals surface area (Å²) in [5.74, 6) is -0.545. The Balaban J connectivity index is 1.44. The summed E-state index contributed by atoms with van der Waals surface area (Å²) in [6.07, 6.45) is 2.93. The van der Waals surface area contributed by atoms with Gasteiger partial charge in [-0.05, 0) is 42.5 Å². The molecule has 2 aromatic rings. The number of nitrogens with one attached hydrogen (secondary N) is 1. The van der Waals surface area contributed by atoms with Crippen LogP contribution in [0, 0.1) is 0 Å². The number of hydrogen-bond acceptors (Lipinski definition) is 4. The van der Waals surface area contributed by atoms with E-state index < -0.39 is 5.97 Å². The van der Waals surface area contributed by atoms with Crippen molar-refractivity contribution in [1.82, 2.24) is 5.32 Å². The van der Waals surface area contributed by atoms with Gasteiger partial charge in [0.05, 0.1) is 11.1 Å². The lowest BCUT2D eigenvalue weighted by molar-refractivity contribution is -0.150. The second-order valence-corrected chi connectivity index (χ2v) is 6.50. The van der Waals surface area contributed by atoms with Gasteiger partial charge in [0, 0.05) is 0 Å². The molecule has 6 heteroatoms. The molecule has 0 bridgehead atoms. The zero-order valence-corrected chi connectivity index (χ0v) is 15.0. The number of benzene rings is 2. The minimum Gasteiger partial charge on any atom is -0.480 e. The number of hydrogen-bond donors (Lipinski definition) is 1. The fourth-order valence-corrected chi connectivity index (χ4v) is 3.22. The Kier molecular flexibility index (Phi) is 6.12. The lowest BCUT2D eigenvalue weighted by atomic mass is 9.88. The van der Waals surface area contributed by atoms with Crippen LogP contribution in [0.4, 0.5) is 0 Å². The number of ether oxygens (including phenoxy) is 2. The monoisotopic (exact) mass is 373 g/mol. The summed E-state index contributed by atoms with van der Waals surface area (Å²) >= 11 is 5.94. The number of para-hydroxylation sites is 1. The molecule has 2 aromatic carbocycles. The number of fused-ring (bicyclic) bond motifs is 1. The normalized spacial score (nSPS) is 15.7. The summed E-state index contributed by atoms with van der Waals surface area (Å²) in [6, 6.07) is 14.9. The number of aryl methyl sites for hydroxylation is 1. The predicted molar refractivity (Wildman–Crippen MR) is 98.2 cm³/mol. The van der Waals surface area contributed by atoms with Gasteiger partial charge in [-0.1, -0.05) is 48.0 Å². The van der Waals surface area contributed by atoms with E-state index in [0.29, 0.717) is 10.8 Å². The predicted octanol–water partition coefficient (Wildman–Crippen LogP) is 3.46. The molecule has 1 unspecified atom stereocenters. The third-order valence-electron chi connectivity index (χ3n) is 4.25. The van der Waals surface area contributed by atoms with Crippen LogP contribution in [0.1, 0.15) is 30.0 Å². The van der Waals surface area contributed by atoms with Crippen LogP contribution in [-0.4, -0.2) is 25.1 Å². The van der Waals surface area contributed by atoms with Crippen molar-refractivity contribution in [1.29, 1.82) is 0 Å². The van der Waals surface area contributed by atoms with Crippen molar-refractivity contribution in [3.8, 4) is 5.75 Å². The maximum Gasteiger partial charge on any atom is 0.344 e. The van der Waals surface area contributed by atoms with Gasteiger partial charge in [0.15, 0.2) is 13.2 Å². The molecule has 0 heterocycles. The number of esters is 1. The molecule has 0 aliphatic heterocycles.